The van der Waals surface area contributed by atoms with E-state index in [0.717, 1.165) is 5.56 Å². The van der Waals surface area contributed by atoms with Crippen LogP contribution in [0.25, 0.3) is 0 Å². The molecule has 24 heavy (non-hydrogen) atoms. The summed E-state index contributed by atoms with van der Waals surface area (Å²) < 4.78 is 11.0. The molecule has 5 nitrogen and oxygen atoms in total. The van der Waals surface area contributed by atoms with Gasteiger partial charge in [0.1, 0.15) is 24.7 Å². The van der Waals surface area contributed by atoms with Crippen LogP contribution in [0.4, 0.5) is 4.79 Å². The topological polar surface area (TPSA) is 59.0 Å². The molecule has 1 aliphatic rings. The molecule has 126 valence electrons. The van der Waals surface area contributed by atoms with Crippen LogP contribution in [0.3, 0.4) is 0 Å². The van der Waals surface area contributed by atoms with Crippen molar-refractivity contribution in [3.8, 4) is 5.75 Å². The number of ether oxygens (including phenoxy) is 2. The van der Waals surface area contributed by atoms with E-state index in [9.17, 15) is 9.90 Å². The lowest BCUT2D eigenvalue weighted by molar-refractivity contribution is 0.0220. The van der Waals surface area contributed by atoms with E-state index in [4.69, 9.17) is 21.1 Å². The molecule has 2 unspecified atom stereocenters. The number of likely N-dealkylation sites (tertiary alicyclic amines) is 1. The molecule has 3 rings (SSSR count). The van der Waals surface area contributed by atoms with Crippen molar-refractivity contribution in [2.45, 2.75) is 25.4 Å². The Kier molecular flexibility index (Phi) is 5.23. The molecular weight excluding hydrogens is 330 g/mol. The molecule has 2 aromatic carbocycles. The van der Waals surface area contributed by atoms with Gasteiger partial charge in [-0.05, 0) is 23.8 Å². The number of aliphatic hydroxyl groups is 1. The van der Waals surface area contributed by atoms with Crippen molar-refractivity contribution in [2.75, 3.05) is 6.54 Å². The molecule has 1 fully saturated rings. The lowest BCUT2D eigenvalue weighted by Crippen LogP contribution is -2.36. The van der Waals surface area contributed by atoms with Crippen LogP contribution in [0.5, 0.6) is 5.75 Å². The zero-order valence-electron chi connectivity index (χ0n) is 13.0. The lowest BCUT2D eigenvalue weighted by Gasteiger charge is -2.19. The maximum Gasteiger partial charge on any atom is 0.412 e. The summed E-state index contributed by atoms with van der Waals surface area (Å²) in [5.41, 5.74) is 0.895. The number of aliphatic hydroxyl groups excluding tert-OH is 1. The number of nitrogens with zero attached hydrogens (tertiary/aromatic N) is 1. The van der Waals surface area contributed by atoms with Crippen LogP contribution in [0.15, 0.2) is 54.6 Å². The van der Waals surface area contributed by atoms with Gasteiger partial charge in [-0.1, -0.05) is 48.0 Å². The Morgan fingerprint density at radius 2 is 2.00 bits per heavy atom. The van der Waals surface area contributed by atoms with E-state index in [1.165, 1.54) is 4.90 Å². The van der Waals surface area contributed by atoms with Gasteiger partial charge in [-0.25, -0.2) is 4.79 Å². The minimum Gasteiger partial charge on any atom is -0.488 e. The predicted molar refractivity (Wildman–Crippen MR) is 89.8 cm³/mol. The summed E-state index contributed by atoms with van der Waals surface area (Å²) >= 11 is 5.92. The smallest absolute Gasteiger partial charge is 0.412 e. The van der Waals surface area contributed by atoms with Gasteiger partial charge in [0.15, 0.2) is 0 Å². The third kappa shape index (κ3) is 4.19. The van der Waals surface area contributed by atoms with E-state index in [-0.39, 0.29) is 19.3 Å². The Balaban J connectivity index is 1.54. The van der Waals surface area contributed by atoms with Gasteiger partial charge in [0.2, 0.25) is 0 Å². The molecule has 0 aliphatic carbocycles. The Labute approximate surface area is 145 Å². The molecule has 1 saturated heterocycles. The van der Waals surface area contributed by atoms with Gasteiger partial charge in [-0.2, -0.15) is 0 Å². The van der Waals surface area contributed by atoms with Crippen LogP contribution >= 0.6 is 11.6 Å². The summed E-state index contributed by atoms with van der Waals surface area (Å²) in [6.45, 7) is 0.435. The molecule has 1 amide bonds. The highest BCUT2D eigenvalue weighted by molar-refractivity contribution is 6.30. The maximum absolute atomic E-state index is 12.1. The van der Waals surface area contributed by atoms with E-state index in [1.807, 2.05) is 30.3 Å². The third-order valence-electron chi connectivity index (χ3n) is 3.77. The third-order valence-corrected chi connectivity index (χ3v) is 4.01. The number of halogens is 1. The number of benzene rings is 2. The first-order valence-corrected chi connectivity index (χ1v) is 8.07. The average Bonchev–Trinajstić information content (AvgIpc) is 2.94. The summed E-state index contributed by atoms with van der Waals surface area (Å²) in [6, 6.07) is 16.4. The van der Waals surface area contributed by atoms with Crippen LogP contribution in [0.1, 0.15) is 12.0 Å². The second-order valence-corrected chi connectivity index (χ2v) is 6.04. The highest BCUT2D eigenvalue weighted by Crippen LogP contribution is 2.24. The summed E-state index contributed by atoms with van der Waals surface area (Å²) in [6.07, 6.45) is -1.45. The molecule has 2 atom stereocenters. The van der Waals surface area contributed by atoms with Crippen LogP contribution in [-0.4, -0.2) is 35.0 Å². The van der Waals surface area contributed by atoms with E-state index in [2.05, 4.69) is 0 Å². The SMILES string of the molecule is O=C(OCc1ccccc1)N1CC(Oc2cccc(Cl)c2)CC1O. The number of rotatable bonds is 4. The van der Waals surface area contributed by atoms with Gasteiger partial charge >= 0.3 is 6.09 Å². The van der Waals surface area contributed by atoms with Crippen molar-refractivity contribution >= 4 is 17.7 Å². The molecule has 0 aromatic heterocycles. The normalized spacial score (nSPS) is 20.0. The summed E-state index contributed by atoms with van der Waals surface area (Å²) in [5, 5.41) is 10.7. The number of hydrogen-bond acceptors (Lipinski definition) is 4. The predicted octanol–water partition coefficient (Wildman–Crippen LogP) is 3.45. The first-order chi connectivity index (χ1) is 11.6. The molecule has 1 N–H and O–H groups in total. The van der Waals surface area contributed by atoms with Crippen molar-refractivity contribution in [1.82, 2.24) is 4.90 Å². The molecule has 6 heteroatoms. The van der Waals surface area contributed by atoms with Crippen molar-refractivity contribution in [1.29, 1.82) is 0 Å². The van der Waals surface area contributed by atoms with E-state index >= 15 is 0 Å². The van der Waals surface area contributed by atoms with E-state index < -0.39 is 12.3 Å². The zero-order chi connectivity index (χ0) is 16.9. The Morgan fingerprint density at radius 1 is 1.21 bits per heavy atom. The molecule has 0 bridgehead atoms. The summed E-state index contributed by atoms with van der Waals surface area (Å²) in [4.78, 5) is 13.4. The van der Waals surface area contributed by atoms with Gasteiger partial charge < -0.3 is 14.6 Å². The second-order valence-electron chi connectivity index (χ2n) is 5.61. The van der Waals surface area contributed by atoms with Gasteiger partial charge in [-0.15, -0.1) is 0 Å². The fourth-order valence-electron chi connectivity index (χ4n) is 2.59. The number of amides is 1. The Bertz CT molecular complexity index is 694. The van der Waals surface area contributed by atoms with Crippen LogP contribution in [0, 0.1) is 0 Å². The highest BCUT2D eigenvalue weighted by Gasteiger charge is 2.36. The lowest BCUT2D eigenvalue weighted by atomic mass is 10.2. The standard InChI is InChI=1S/C18H18ClNO4/c19-14-7-4-8-15(9-14)24-16-10-17(21)20(11-16)18(22)23-12-13-5-2-1-3-6-13/h1-9,16-17,21H,10-12H2. The minimum atomic E-state index is -0.919. The molecule has 1 aliphatic heterocycles. The van der Waals surface area contributed by atoms with Crippen LogP contribution in [0.2, 0.25) is 5.02 Å². The second kappa shape index (κ2) is 7.55. The molecule has 0 saturated carbocycles. The maximum atomic E-state index is 12.1. The first-order valence-electron chi connectivity index (χ1n) is 7.69. The number of carbonyl (C=O) groups excluding carboxylic acids is 1. The number of hydrogen-bond donors (Lipinski definition) is 1. The monoisotopic (exact) mass is 347 g/mol. The summed E-state index contributed by atoms with van der Waals surface area (Å²) in [5.74, 6) is 0.610. The largest absolute Gasteiger partial charge is 0.488 e. The van der Waals surface area contributed by atoms with Crippen molar-refractivity contribution in [3.05, 3.63) is 65.2 Å². The van der Waals surface area contributed by atoms with Gasteiger partial charge in [-0.3, -0.25) is 4.90 Å². The quantitative estimate of drug-likeness (QED) is 0.920. The fraction of sp³-hybridized carbons (Fsp3) is 0.278. The van der Waals surface area contributed by atoms with Gasteiger partial charge in [0.05, 0.1) is 6.54 Å². The van der Waals surface area contributed by atoms with Gasteiger partial charge in [0, 0.05) is 11.4 Å². The van der Waals surface area contributed by atoms with Crippen molar-refractivity contribution in [3.63, 3.8) is 0 Å². The zero-order valence-corrected chi connectivity index (χ0v) is 13.7. The molecule has 2 aromatic rings. The minimum absolute atomic E-state index is 0.169. The highest BCUT2D eigenvalue weighted by atomic mass is 35.5. The number of carbonyl (C=O) groups is 1. The van der Waals surface area contributed by atoms with E-state index in [0.29, 0.717) is 17.2 Å². The molecule has 1 heterocycles. The Morgan fingerprint density at radius 3 is 2.75 bits per heavy atom. The van der Waals surface area contributed by atoms with Crippen LogP contribution in [-0.2, 0) is 11.3 Å². The Hall–Kier alpha value is -2.24. The van der Waals surface area contributed by atoms with Crippen molar-refractivity contribution < 1.29 is 19.4 Å². The van der Waals surface area contributed by atoms with Crippen LogP contribution < -0.4 is 4.74 Å². The molecular formula is C18H18ClNO4. The van der Waals surface area contributed by atoms with E-state index in [1.54, 1.807) is 24.3 Å². The van der Waals surface area contributed by atoms with Gasteiger partial charge in [0.25, 0.3) is 0 Å². The molecule has 0 radical (unpaired) electrons. The van der Waals surface area contributed by atoms with Crippen molar-refractivity contribution in [2.24, 2.45) is 0 Å². The molecule has 0 spiro atoms. The first kappa shape index (κ1) is 16.6. The average molecular weight is 348 g/mol. The summed E-state index contributed by atoms with van der Waals surface area (Å²) in [7, 11) is 0. The fourth-order valence-corrected chi connectivity index (χ4v) is 2.77.